The molecule has 2 heterocycles. The Morgan fingerprint density at radius 2 is 1.89 bits per heavy atom. The highest BCUT2D eigenvalue weighted by Gasteiger charge is 2.32. The first kappa shape index (κ1) is 20.0. The Labute approximate surface area is 166 Å². The van der Waals surface area contributed by atoms with E-state index in [9.17, 15) is 9.59 Å². The Morgan fingerprint density at radius 1 is 1.14 bits per heavy atom. The van der Waals surface area contributed by atoms with Crippen LogP contribution in [0.2, 0.25) is 0 Å². The van der Waals surface area contributed by atoms with Crippen LogP contribution in [0.3, 0.4) is 0 Å². The van der Waals surface area contributed by atoms with Gasteiger partial charge >= 0.3 is 12.0 Å². The second-order valence-corrected chi connectivity index (χ2v) is 7.09. The van der Waals surface area contributed by atoms with Crippen LogP contribution in [-0.2, 0) is 16.1 Å². The minimum absolute atomic E-state index is 0.0291. The molecule has 6 nitrogen and oxygen atoms in total. The van der Waals surface area contributed by atoms with Gasteiger partial charge in [-0.25, -0.2) is 4.79 Å². The van der Waals surface area contributed by atoms with Gasteiger partial charge in [0.05, 0.1) is 25.1 Å². The number of carbonyl (C=O) groups is 2. The number of amides is 2. The summed E-state index contributed by atoms with van der Waals surface area (Å²) in [6, 6.07) is 13.3. The minimum atomic E-state index is -0.416. The van der Waals surface area contributed by atoms with Crippen molar-refractivity contribution in [2.75, 3.05) is 13.2 Å². The Bertz CT molecular complexity index is 816. The first-order valence-corrected chi connectivity index (χ1v) is 9.98. The molecule has 2 aromatic rings. The molecule has 0 bridgehead atoms. The molecule has 0 fully saturated rings. The van der Waals surface area contributed by atoms with Crippen molar-refractivity contribution in [1.29, 1.82) is 0 Å². The van der Waals surface area contributed by atoms with Crippen LogP contribution >= 0.6 is 0 Å². The molecule has 2 amide bonds. The Hall–Kier alpha value is -2.76. The molecule has 28 heavy (non-hydrogen) atoms. The van der Waals surface area contributed by atoms with E-state index in [1.165, 1.54) is 11.4 Å². The topological polar surface area (TPSA) is 63.6 Å². The number of hydrogen-bond donors (Lipinski definition) is 1. The van der Waals surface area contributed by atoms with Gasteiger partial charge < -0.3 is 19.5 Å². The van der Waals surface area contributed by atoms with Gasteiger partial charge in [-0.15, -0.1) is 0 Å². The monoisotopic (exact) mass is 383 g/mol. The largest absolute Gasteiger partial charge is 0.466 e. The highest BCUT2D eigenvalue weighted by Crippen LogP contribution is 2.30. The van der Waals surface area contributed by atoms with E-state index in [2.05, 4.69) is 35.9 Å². The van der Waals surface area contributed by atoms with E-state index in [4.69, 9.17) is 4.74 Å². The second kappa shape index (κ2) is 8.95. The SMILES string of the molecule is CCOC(=O)CC(NC(=O)N1CCn2c(C)ccc2C1CC)c1ccccc1. The quantitative estimate of drug-likeness (QED) is 0.768. The highest BCUT2D eigenvalue weighted by atomic mass is 16.5. The van der Waals surface area contributed by atoms with Gasteiger partial charge in [-0.05, 0) is 38.0 Å². The van der Waals surface area contributed by atoms with Crippen molar-refractivity contribution in [2.24, 2.45) is 0 Å². The van der Waals surface area contributed by atoms with Crippen molar-refractivity contribution >= 4 is 12.0 Å². The van der Waals surface area contributed by atoms with Gasteiger partial charge in [0.2, 0.25) is 0 Å². The fourth-order valence-corrected chi connectivity index (χ4v) is 3.94. The molecule has 0 saturated carbocycles. The molecule has 2 atom stereocenters. The third-order valence-corrected chi connectivity index (χ3v) is 5.34. The second-order valence-electron chi connectivity index (χ2n) is 7.09. The number of hydrogen-bond acceptors (Lipinski definition) is 3. The molecule has 150 valence electrons. The summed E-state index contributed by atoms with van der Waals surface area (Å²) in [5, 5.41) is 3.07. The van der Waals surface area contributed by atoms with Gasteiger partial charge in [0.15, 0.2) is 0 Å². The molecule has 0 spiro atoms. The summed E-state index contributed by atoms with van der Waals surface area (Å²) in [5.74, 6) is -0.313. The van der Waals surface area contributed by atoms with Crippen LogP contribution in [0.4, 0.5) is 4.79 Å². The first-order chi connectivity index (χ1) is 13.5. The zero-order chi connectivity index (χ0) is 20.1. The Kier molecular flexibility index (Phi) is 6.39. The lowest BCUT2D eigenvalue weighted by molar-refractivity contribution is -0.143. The predicted octanol–water partition coefficient (Wildman–Crippen LogP) is 3.97. The summed E-state index contributed by atoms with van der Waals surface area (Å²) >= 11 is 0. The number of nitrogens with zero attached hydrogens (tertiary/aromatic N) is 2. The molecule has 0 saturated heterocycles. The van der Waals surface area contributed by atoms with Crippen molar-refractivity contribution < 1.29 is 14.3 Å². The summed E-state index contributed by atoms with van der Waals surface area (Å²) < 4.78 is 7.39. The number of nitrogens with one attached hydrogen (secondary N) is 1. The molecule has 1 aromatic carbocycles. The van der Waals surface area contributed by atoms with Crippen LogP contribution in [0, 0.1) is 6.92 Å². The maximum absolute atomic E-state index is 13.2. The van der Waals surface area contributed by atoms with Crippen molar-refractivity contribution in [3.8, 4) is 0 Å². The predicted molar refractivity (Wildman–Crippen MR) is 108 cm³/mol. The Morgan fingerprint density at radius 3 is 2.57 bits per heavy atom. The molecule has 3 rings (SSSR count). The van der Waals surface area contributed by atoms with Crippen molar-refractivity contribution in [3.05, 3.63) is 59.4 Å². The number of rotatable bonds is 6. The molecule has 1 aromatic heterocycles. The standard InChI is InChI=1S/C22H29N3O3/c1-4-19-20-12-11-16(3)24(20)13-14-25(19)22(27)23-18(15-21(26)28-5-2)17-9-7-6-8-10-17/h6-12,18-19H,4-5,13-15H2,1-3H3,(H,23,27). The number of benzene rings is 1. The molecule has 6 heteroatoms. The zero-order valence-electron chi connectivity index (χ0n) is 16.9. The van der Waals surface area contributed by atoms with Crippen molar-refractivity contribution in [2.45, 2.75) is 52.2 Å². The molecular formula is C22H29N3O3. The number of carbonyl (C=O) groups excluding carboxylic acids is 2. The van der Waals surface area contributed by atoms with Gasteiger partial charge in [-0.2, -0.15) is 0 Å². The van der Waals surface area contributed by atoms with E-state index in [0.717, 1.165) is 18.5 Å². The fraction of sp³-hybridized carbons (Fsp3) is 0.455. The van der Waals surface area contributed by atoms with Gasteiger partial charge in [-0.3, -0.25) is 4.79 Å². The maximum atomic E-state index is 13.2. The Balaban J connectivity index is 1.78. The van der Waals surface area contributed by atoms with Gasteiger partial charge in [0, 0.05) is 24.5 Å². The van der Waals surface area contributed by atoms with Crippen LogP contribution in [-0.4, -0.2) is 34.6 Å². The normalized spacial score (nSPS) is 17.0. The lowest BCUT2D eigenvalue weighted by Gasteiger charge is -2.38. The number of urea groups is 1. The van der Waals surface area contributed by atoms with Crippen LogP contribution in [0.5, 0.6) is 0 Å². The average Bonchev–Trinajstić information content (AvgIpc) is 3.08. The summed E-state index contributed by atoms with van der Waals surface area (Å²) in [5.41, 5.74) is 3.29. The third-order valence-electron chi connectivity index (χ3n) is 5.34. The molecule has 0 aliphatic carbocycles. The van der Waals surface area contributed by atoms with E-state index >= 15 is 0 Å². The smallest absolute Gasteiger partial charge is 0.318 e. The summed E-state index contributed by atoms with van der Waals surface area (Å²) in [6.45, 7) is 7.73. The maximum Gasteiger partial charge on any atom is 0.318 e. The van der Waals surface area contributed by atoms with Crippen LogP contribution in [0.25, 0.3) is 0 Å². The number of aryl methyl sites for hydroxylation is 1. The van der Waals surface area contributed by atoms with Crippen LogP contribution < -0.4 is 5.32 Å². The van der Waals surface area contributed by atoms with E-state index in [1.807, 2.05) is 35.2 Å². The number of aromatic nitrogens is 1. The molecule has 1 aliphatic heterocycles. The van der Waals surface area contributed by atoms with E-state index in [-0.39, 0.29) is 24.5 Å². The molecular weight excluding hydrogens is 354 g/mol. The lowest BCUT2D eigenvalue weighted by atomic mass is 10.0. The summed E-state index contributed by atoms with van der Waals surface area (Å²) in [6.07, 6.45) is 0.953. The van der Waals surface area contributed by atoms with Gasteiger partial charge in [0.1, 0.15) is 0 Å². The highest BCUT2D eigenvalue weighted by molar-refractivity contribution is 5.77. The van der Waals surface area contributed by atoms with Gasteiger partial charge in [-0.1, -0.05) is 37.3 Å². The van der Waals surface area contributed by atoms with Crippen LogP contribution in [0.15, 0.2) is 42.5 Å². The van der Waals surface area contributed by atoms with Crippen molar-refractivity contribution in [1.82, 2.24) is 14.8 Å². The average molecular weight is 383 g/mol. The summed E-state index contributed by atoms with van der Waals surface area (Å²) in [7, 11) is 0. The molecule has 0 radical (unpaired) electrons. The molecule has 1 aliphatic rings. The zero-order valence-corrected chi connectivity index (χ0v) is 16.9. The molecule has 1 N–H and O–H groups in total. The van der Waals surface area contributed by atoms with Crippen molar-refractivity contribution in [3.63, 3.8) is 0 Å². The lowest BCUT2D eigenvalue weighted by Crippen LogP contribution is -2.48. The third kappa shape index (κ3) is 4.21. The minimum Gasteiger partial charge on any atom is -0.466 e. The van der Waals surface area contributed by atoms with E-state index in [0.29, 0.717) is 13.2 Å². The van der Waals surface area contributed by atoms with Gasteiger partial charge in [0.25, 0.3) is 0 Å². The molecule has 2 unspecified atom stereocenters. The number of esters is 1. The number of fused-ring (bicyclic) bond motifs is 1. The van der Waals surface area contributed by atoms with Crippen LogP contribution in [0.1, 0.15) is 55.7 Å². The number of ether oxygens (including phenoxy) is 1. The van der Waals surface area contributed by atoms with E-state index in [1.54, 1.807) is 6.92 Å². The van der Waals surface area contributed by atoms with E-state index < -0.39 is 6.04 Å². The fourth-order valence-electron chi connectivity index (χ4n) is 3.94. The first-order valence-electron chi connectivity index (χ1n) is 9.98. The summed E-state index contributed by atoms with van der Waals surface area (Å²) in [4.78, 5) is 27.1.